The Balaban J connectivity index is 1.60. The van der Waals surface area contributed by atoms with E-state index in [0.717, 1.165) is 24.5 Å². The van der Waals surface area contributed by atoms with Crippen LogP contribution in [0.2, 0.25) is 0 Å². The Labute approximate surface area is 103 Å². The smallest absolute Gasteiger partial charge is 0.138 e. The van der Waals surface area contributed by atoms with Crippen LogP contribution in [0.15, 0.2) is 4.52 Å². The zero-order chi connectivity index (χ0) is 12.1. The van der Waals surface area contributed by atoms with E-state index in [9.17, 15) is 0 Å². The minimum absolute atomic E-state index is 0.876. The van der Waals surface area contributed by atoms with E-state index >= 15 is 0 Å². The van der Waals surface area contributed by atoms with Crippen LogP contribution < -0.4 is 5.32 Å². The predicted octanol–water partition coefficient (Wildman–Crippen LogP) is 1.87. The minimum atomic E-state index is 0.876. The van der Waals surface area contributed by atoms with E-state index in [1.54, 1.807) is 0 Å². The molecule has 0 amide bonds. The molecule has 0 spiro atoms. The Morgan fingerprint density at radius 1 is 1.29 bits per heavy atom. The summed E-state index contributed by atoms with van der Waals surface area (Å²) < 4.78 is 5.14. The van der Waals surface area contributed by atoms with Crippen LogP contribution >= 0.6 is 0 Å². The topological polar surface area (TPSA) is 41.3 Å². The molecule has 2 heterocycles. The Kier molecular flexibility index (Phi) is 4.57. The Morgan fingerprint density at radius 2 is 2.06 bits per heavy atom. The third-order valence-electron chi connectivity index (χ3n) is 3.51. The van der Waals surface area contributed by atoms with Crippen LogP contribution in [-0.4, -0.2) is 36.2 Å². The largest absolute Gasteiger partial charge is 0.361 e. The second kappa shape index (κ2) is 6.17. The average molecular weight is 237 g/mol. The maximum atomic E-state index is 5.14. The predicted molar refractivity (Wildman–Crippen MR) is 68.0 cm³/mol. The molecule has 96 valence electrons. The molecular weight excluding hydrogens is 214 g/mol. The van der Waals surface area contributed by atoms with Crippen LogP contribution in [0.25, 0.3) is 0 Å². The number of hydrogen-bond donors (Lipinski definition) is 1. The van der Waals surface area contributed by atoms with Crippen LogP contribution in [0.1, 0.15) is 36.3 Å². The summed E-state index contributed by atoms with van der Waals surface area (Å²) in [6.07, 6.45) is 3.99. The highest BCUT2D eigenvalue weighted by molar-refractivity contribution is 5.20. The van der Waals surface area contributed by atoms with Crippen molar-refractivity contribution in [3.8, 4) is 0 Å². The molecule has 1 aliphatic rings. The molecule has 1 N–H and O–H groups in total. The van der Waals surface area contributed by atoms with Gasteiger partial charge in [0.05, 0.1) is 5.69 Å². The molecule has 4 heteroatoms. The van der Waals surface area contributed by atoms with Crippen molar-refractivity contribution in [1.82, 2.24) is 15.4 Å². The second-order valence-electron chi connectivity index (χ2n) is 4.88. The van der Waals surface area contributed by atoms with E-state index < -0.39 is 0 Å². The maximum Gasteiger partial charge on any atom is 0.138 e. The highest BCUT2D eigenvalue weighted by Gasteiger charge is 2.10. The summed E-state index contributed by atoms with van der Waals surface area (Å²) in [5, 5.41) is 7.42. The van der Waals surface area contributed by atoms with Gasteiger partial charge < -0.3 is 14.7 Å². The van der Waals surface area contributed by atoms with E-state index in [4.69, 9.17) is 4.52 Å². The van der Waals surface area contributed by atoms with Gasteiger partial charge >= 0.3 is 0 Å². The Hall–Kier alpha value is -0.870. The number of aryl methyl sites for hydroxylation is 2. The average Bonchev–Trinajstić information content (AvgIpc) is 2.92. The van der Waals surface area contributed by atoms with E-state index in [2.05, 4.69) is 15.4 Å². The SMILES string of the molecule is Cc1noc(C)c1CNCCCN1CCCC1. The van der Waals surface area contributed by atoms with E-state index in [-0.39, 0.29) is 0 Å². The summed E-state index contributed by atoms with van der Waals surface area (Å²) in [7, 11) is 0. The number of nitrogens with zero attached hydrogens (tertiary/aromatic N) is 2. The molecule has 1 saturated heterocycles. The van der Waals surface area contributed by atoms with Crippen molar-refractivity contribution in [3.05, 3.63) is 17.0 Å². The third-order valence-corrected chi connectivity index (χ3v) is 3.51. The fraction of sp³-hybridized carbons (Fsp3) is 0.769. The molecular formula is C13H23N3O. The summed E-state index contributed by atoms with van der Waals surface area (Å²) >= 11 is 0. The molecule has 0 aromatic carbocycles. The van der Waals surface area contributed by atoms with Crippen LogP contribution in [0, 0.1) is 13.8 Å². The van der Waals surface area contributed by atoms with E-state index in [1.165, 1.54) is 44.5 Å². The first-order valence-electron chi connectivity index (χ1n) is 6.62. The van der Waals surface area contributed by atoms with Crippen molar-refractivity contribution in [2.75, 3.05) is 26.2 Å². The van der Waals surface area contributed by atoms with Crippen LogP contribution in [0.5, 0.6) is 0 Å². The molecule has 0 unspecified atom stereocenters. The summed E-state index contributed by atoms with van der Waals surface area (Å²) in [5.41, 5.74) is 2.22. The summed E-state index contributed by atoms with van der Waals surface area (Å²) in [6, 6.07) is 0. The molecule has 1 aliphatic heterocycles. The summed E-state index contributed by atoms with van der Waals surface area (Å²) in [6.45, 7) is 9.74. The van der Waals surface area contributed by atoms with Crippen LogP contribution in [0.4, 0.5) is 0 Å². The van der Waals surface area contributed by atoms with E-state index in [1.807, 2.05) is 13.8 Å². The molecule has 2 rings (SSSR count). The molecule has 1 aromatic heterocycles. The molecule has 0 aliphatic carbocycles. The first kappa shape index (κ1) is 12.6. The normalized spacial score (nSPS) is 16.8. The summed E-state index contributed by atoms with van der Waals surface area (Å²) in [4.78, 5) is 2.55. The van der Waals surface area contributed by atoms with Gasteiger partial charge in [0.1, 0.15) is 5.76 Å². The molecule has 1 aromatic rings. The van der Waals surface area contributed by atoms with Crippen molar-refractivity contribution in [2.45, 2.75) is 39.7 Å². The minimum Gasteiger partial charge on any atom is -0.361 e. The van der Waals surface area contributed by atoms with Gasteiger partial charge in [-0.05, 0) is 59.3 Å². The number of nitrogens with one attached hydrogen (secondary N) is 1. The van der Waals surface area contributed by atoms with Crippen LogP contribution in [0.3, 0.4) is 0 Å². The molecule has 17 heavy (non-hydrogen) atoms. The van der Waals surface area contributed by atoms with Gasteiger partial charge in [0.15, 0.2) is 0 Å². The fourth-order valence-electron chi connectivity index (χ4n) is 2.40. The first-order chi connectivity index (χ1) is 8.27. The monoisotopic (exact) mass is 237 g/mol. The van der Waals surface area contributed by atoms with Crippen molar-refractivity contribution >= 4 is 0 Å². The van der Waals surface area contributed by atoms with Gasteiger partial charge in [-0.15, -0.1) is 0 Å². The van der Waals surface area contributed by atoms with Crippen molar-refractivity contribution in [3.63, 3.8) is 0 Å². The van der Waals surface area contributed by atoms with E-state index in [0.29, 0.717) is 0 Å². The maximum absolute atomic E-state index is 5.14. The molecule has 0 atom stereocenters. The number of hydrogen-bond acceptors (Lipinski definition) is 4. The number of aromatic nitrogens is 1. The highest BCUT2D eigenvalue weighted by atomic mass is 16.5. The lowest BCUT2D eigenvalue weighted by atomic mass is 10.2. The second-order valence-corrected chi connectivity index (χ2v) is 4.88. The zero-order valence-corrected chi connectivity index (χ0v) is 11.0. The van der Waals surface area contributed by atoms with Gasteiger partial charge in [-0.2, -0.15) is 0 Å². The van der Waals surface area contributed by atoms with Gasteiger partial charge in [-0.3, -0.25) is 0 Å². The fourth-order valence-corrected chi connectivity index (χ4v) is 2.40. The van der Waals surface area contributed by atoms with Gasteiger partial charge in [-0.25, -0.2) is 0 Å². The molecule has 0 radical (unpaired) electrons. The Bertz CT molecular complexity index is 323. The van der Waals surface area contributed by atoms with Gasteiger partial charge in [0, 0.05) is 12.1 Å². The highest BCUT2D eigenvalue weighted by Crippen LogP contribution is 2.11. The standard InChI is InChI=1S/C13H23N3O/c1-11-13(12(2)17-15-11)10-14-6-5-9-16-7-3-4-8-16/h14H,3-10H2,1-2H3. The zero-order valence-electron chi connectivity index (χ0n) is 11.0. The lowest BCUT2D eigenvalue weighted by molar-refractivity contribution is 0.331. The van der Waals surface area contributed by atoms with Crippen molar-refractivity contribution in [2.24, 2.45) is 0 Å². The van der Waals surface area contributed by atoms with Gasteiger partial charge in [0.25, 0.3) is 0 Å². The van der Waals surface area contributed by atoms with Gasteiger partial charge in [0.2, 0.25) is 0 Å². The van der Waals surface area contributed by atoms with Gasteiger partial charge in [-0.1, -0.05) is 5.16 Å². The first-order valence-corrected chi connectivity index (χ1v) is 6.62. The number of likely N-dealkylation sites (tertiary alicyclic amines) is 1. The molecule has 4 nitrogen and oxygen atoms in total. The quantitative estimate of drug-likeness (QED) is 0.767. The van der Waals surface area contributed by atoms with Crippen molar-refractivity contribution in [1.29, 1.82) is 0 Å². The Morgan fingerprint density at radius 3 is 2.71 bits per heavy atom. The lowest BCUT2D eigenvalue weighted by Gasteiger charge is -2.14. The molecule has 1 fully saturated rings. The van der Waals surface area contributed by atoms with Crippen molar-refractivity contribution < 1.29 is 4.52 Å². The lowest BCUT2D eigenvalue weighted by Crippen LogP contribution is -2.24. The van der Waals surface area contributed by atoms with Crippen LogP contribution in [-0.2, 0) is 6.54 Å². The molecule has 0 saturated carbocycles. The number of rotatable bonds is 6. The molecule has 0 bridgehead atoms. The third kappa shape index (κ3) is 3.54. The summed E-state index contributed by atoms with van der Waals surface area (Å²) in [5.74, 6) is 0.939.